The third-order valence-electron chi connectivity index (χ3n) is 5.52. The summed E-state index contributed by atoms with van der Waals surface area (Å²) in [5, 5.41) is 18.7. The lowest BCUT2D eigenvalue weighted by atomic mass is 9.96. The Morgan fingerprint density at radius 1 is 1.29 bits per heavy atom. The average Bonchev–Trinajstić information content (AvgIpc) is 3.38. The van der Waals surface area contributed by atoms with E-state index in [9.17, 15) is 19.7 Å². The summed E-state index contributed by atoms with van der Waals surface area (Å²) < 4.78 is 11.3. The van der Waals surface area contributed by atoms with Crippen LogP contribution in [-0.4, -0.2) is 45.4 Å². The molecule has 3 rings (SSSR count). The van der Waals surface area contributed by atoms with E-state index in [2.05, 4.69) is 21.3 Å². The van der Waals surface area contributed by atoms with Crippen molar-refractivity contribution in [1.29, 1.82) is 0 Å². The van der Waals surface area contributed by atoms with Crippen LogP contribution in [0.5, 0.6) is 5.88 Å². The molecule has 0 saturated heterocycles. The number of ether oxygens (including phenoxy) is 2. The van der Waals surface area contributed by atoms with Crippen molar-refractivity contribution in [3.05, 3.63) is 32.3 Å². The summed E-state index contributed by atoms with van der Waals surface area (Å²) >= 11 is 6.80. The van der Waals surface area contributed by atoms with Crippen LogP contribution in [0.3, 0.4) is 0 Å². The predicted molar refractivity (Wildman–Crippen MR) is 134 cm³/mol. The topological polar surface area (TPSA) is 150 Å². The first-order chi connectivity index (χ1) is 16.8. The van der Waals surface area contributed by atoms with Crippen LogP contribution in [0.2, 0.25) is 0 Å². The molecule has 0 radical (unpaired) electrons. The highest BCUT2D eigenvalue weighted by molar-refractivity contribution is 7.80. The molecule has 2 aromatic rings. The molecule has 3 N–H and O–H groups in total. The lowest BCUT2D eigenvalue weighted by molar-refractivity contribution is -0.385. The molecule has 12 nitrogen and oxygen atoms in total. The number of hydrogen-bond acceptors (Lipinski definition) is 9. The molecule has 35 heavy (non-hydrogen) atoms. The maximum absolute atomic E-state index is 12.7. The largest absolute Gasteiger partial charge is 0.475 e. The Balaban J connectivity index is 1.69. The SMILES string of the molecule is CCOC(=O)c1c(NC(=S)NNC(=O)C(C)n2cc([N+](=O)[O-])c(OC)n2)sc2c1CCCCCC2. The molecule has 2 heterocycles. The van der Waals surface area contributed by atoms with Crippen molar-refractivity contribution >= 4 is 51.2 Å². The van der Waals surface area contributed by atoms with Crippen LogP contribution in [0, 0.1) is 10.1 Å². The number of thiocarbonyl (C=S) groups is 1. The minimum Gasteiger partial charge on any atom is -0.475 e. The second-order valence-electron chi connectivity index (χ2n) is 7.85. The summed E-state index contributed by atoms with van der Waals surface area (Å²) in [4.78, 5) is 36.9. The number of thiophene rings is 1. The fraction of sp³-hybridized carbons (Fsp3) is 0.524. The summed E-state index contributed by atoms with van der Waals surface area (Å²) in [5.41, 5.74) is 6.22. The third-order valence-corrected chi connectivity index (χ3v) is 6.93. The van der Waals surface area contributed by atoms with Gasteiger partial charge in [0, 0.05) is 4.88 Å². The van der Waals surface area contributed by atoms with Crippen LogP contribution in [0.15, 0.2) is 6.20 Å². The van der Waals surface area contributed by atoms with Crippen molar-refractivity contribution in [1.82, 2.24) is 20.6 Å². The van der Waals surface area contributed by atoms with Gasteiger partial charge in [0.05, 0.1) is 24.2 Å². The number of amides is 1. The zero-order valence-electron chi connectivity index (χ0n) is 19.7. The summed E-state index contributed by atoms with van der Waals surface area (Å²) in [7, 11) is 1.26. The number of methoxy groups -OCH3 is 1. The number of nitrogens with zero attached hydrogens (tertiary/aromatic N) is 3. The second-order valence-corrected chi connectivity index (χ2v) is 9.36. The van der Waals surface area contributed by atoms with E-state index in [0.717, 1.165) is 59.8 Å². The Morgan fingerprint density at radius 2 is 2.00 bits per heavy atom. The number of carbonyl (C=O) groups excluding carboxylic acids is 2. The van der Waals surface area contributed by atoms with Gasteiger partial charge in [-0.3, -0.25) is 25.8 Å². The smallest absolute Gasteiger partial charge is 0.350 e. The van der Waals surface area contributed by atoms with Crippen molar-refractivity contribution in [2.75, 3.05) is 19.0 Å². The molecule has 0 aromatic carbocycles. The number of hydrazine groups is 1. The molecule has 190 valence electrons. The van der Waals surface area contributed by atoms with Crippen molar-refractivity contribution in [2.45, 2.75) is 58.4 Å². The highest BCUT2D eigenvalue weighted by Crippen LogP contribution is 2.37. The fourth-order valence-electron chi connectivity index (χ4n) is 3.74. The number of rotatable bonds is 7. The van der Waals surface area contributed by atoms with Crippen LogP contribution >= 0.6 is 23.6 Å². The molecule has 0 aliphatic heterocycles. The number of nitro groups is 1. The van der Waals surface area contributed by atoms with Crippen LogP contribution in [0.1, 0.15) is 66.4 Å². The van der Waals surface area contributed by atoms with Crippen molar-refractivity contribution < 1.29 is 24.0 Å². The Hall–Kier alpha value is -3.26. The molecule has 0 spiro atoms. The maximum Gasteiger partial charge on any atom is 0.350 e. The van der Waals surface area contributed by atoms with Crippen LogP contribution < -0.4 is 20.9 Å². The van der Waals surface area contributed by atoms with Gasteiger partial charge in [-0.05, 0) is 57.3 Å². The minimum absolute atomic E-state index is 0.0781. The molecule has 0 fully saturated rings. The van der Waals surface area contributed by atoms with Gasteiger partial charge in [-0.1, -0.05) is 12.8 Å². The zero-order valence-corrected chi connectivity index (χ0v) is 21.3. The van der Waals surface area contributed by atoms with E-state index >= 15 is 0 Å². The number of nitrogens with one attached hydrogen (secondary N) is 3. The summed E-state index contributed by atoms with van der Waals surface area (Å²) in [5.74, 6) is -1.14. The van der Waals surface area contributed by atoms with Gasteiger partial charge in [0.1, 0.15) is 17.2 Å². The first-order valence-corrected chi connectivity index (χ1v) is 12.4. The number of anilines is 1. The quantitative estimate of drug-likeness (QED) is 0.213. The lowest BCUT2D eigenvalue weighted by Gasteiger charge is -2.15. The molecule has 2 aromatic heterocycles. The van der Waals surface area contributed by atoms with Crippen LogP contribution in [-0.2, 0) is 22.4 Å². The molecule has 1 amide bonds. The van der Waals surface area contributed by atoms with Crippen molar-refractivity contribution in [3.8, 4) is 5.88 Å². The predicted octanol–water partition coefficient (Wildman–Crippen LogP) is 3.28. The second kappa shape index (κ2) is 11.9. The molecule has 1 aliphatic carbocycles. The van der Waals surface area contributed by atoms with Crippen LogP contribution in [0.4, 0.5) is 10.7 Å². The summed E-state index contributed by atoms with van der Waals surface area (Å²) in [6.45, 7) is 3.53. The standard InChI is InChI=1S/C21H28N6O6S2/c1-4-33-20(29)16-13-9-7-5-6-8-10-15(13)35-19(16)22-21(34)24-23-17(28)12(2)26-11-14(27(30)31)18(25-26)32-3/h11-12H,4-10H2,1-3H3,(H,23,28)(H2,22,24,34). The lowest BCUT2D eigenvalue weighted by Crippen LogP contribution is -2.46. The molecule has 14 heteroatoms. The Kier molecular flexibility index (Phi) is 8.98. The van der Waals surface area contributed by atoms with Crippen LogP contribution in [0.25, 0.3) is 0 Å². The Morgan fingerprint density at radius 3 is 2.63 bits per heavy atom. The molecule has 1 aliphatic rings. The van der Waals surface area contributed by atoms with Crippen molar-refractivity contribution in [2.24, 2.45) is 0 Å². The summed E-state index contributed by atoms with van der Waals surface area (Å²) in [6.07, 6.45) is 7.15. The van der Waals surface area contributed by atoms with Gasteiger partial charge in [-0.15, -0.1) is 16.4 Å². The number of hydrogen-bond donors (Lipinski definition) is 3. The van der Waals surface area contributed by atoms with Gasteiger partial charge in [0.15, 0.2) is 5.11 Å². The first kappa shape index (κ1) is 26.3. The monoisotopic (exact) mass is 524 g/mol. The number of fused-ring (bicyclic) bond motifs is 1. The van der Waals surface area contributed by atoms with Crippen molar-refractivity contribution in [3.63, 3.8) is 0 Å². The van der Waals surface area contributed by atoms with Gasteiger partial charge >= 0.3 is 17.5 Å². The van der Waals surface area contributed by atoms with Gasteiger partial charge < -0.3 is 14.8 Å². The number of esters is 1. The first-order valence-electron chi connectivity index (χ1n) is 11.2. The normalized spacial score (nSPS) is 14.0. The third kappa shape index (κ3) is 6.25. The Bertz CT molecular complexity index is 1110. The molecule has 1 unspecified atom stereocenters. The maximum atomic E-state index is 12.7. The highest BCUT2D eigenvalue weighted by Gasteiger charge is 2.27. The van der Waals surface area contributed by atoms with E-state index in [4.69, 9.17) is 21.7 Å². The molecular weight excluding hydrogens is 496 g/mol. The summed E-state index contributed by atoms with van der Waals surface area (Å²) in [6, 6.07) is -0.899. The molecule has 1 atom stereocenters. The number of carbonyl (C=O) groups is 2. The zero-order chi connectivity index (χ0) is 25.5. The molecular formula is C21H28N6O6S2. The van der Waals surface area contributed by atoms with Gasteiger partial charge in [-0.25, -0.2) is 9.48 Å². The van der Waals surface area contributed by atoms with Gasteiger partial charge in [0.25, 0.3) is 5.91 Å². The van der Waals surface area contributed by atoms with Gasteiger partial charge in [0.2, 0.25) is 0 Å². The van der Waals surface area contributed by atoms with E-state index in [1.54, 1.807) is 6.92 Å². The average molecular weight is 525 g/mol. The molecule has 0 bridgehead atoms. The van der Waals surface area contributed by atoms with Gasteiger partial charge in [-0.2, -0.15) is 0 Å². The van der Waals surface area contributed by atoms with E-state index in [1.807, 2.05) is 0 Å². The Labute approximate surface area is 211 Å². The van der Waals surface area contributed by atoms with E-state index in [-0.39, 0.29) is 23.3 Å². The van der Waals surface area contributed by atoms with E-state index in [1.165, 1.54) is 25.4 Å². The highest BCUT2D eigenvalue weighted by atomic mass is 32.1. The number of aromatic nitrogens is 2. The minimum atomic E-state index is -0.899. The van der Waals surface area contributed by atoms with E-state index < -0.39 is 22.8 Å². The number of aryl methyl sites for hydroxylation is 1. The fourth-order valence-corrected chi connectivity index (χ4v) is 5.24. The molecule has 0 saturated carbocycles. The van der Waals surface area contributed by atoms with E-state index in [0.29, 0.717) is 10.6 Å².